The number of carbonyl (C=O) groups excluding carboxylic acids is 5. The van der Waals surface area contributed by atoms with Crippen LogP contribution >= 0.6 is 0 Å². The van der Waals surface area contributed by atoms with Gasteiger partial charge in [-0.2, -0.15) is 0 Å². The molecule has 12 heteroatoms. The third-order valence-corrected chi connectivity index (χ3v) is 9.79. The molecular weight excluding hydrogens is 594 g/mol. The molecule has 0 aromatic heterocycles. The number of carbonyl (C=O) groups is 5. The highest BCUT2D eigenvalue weighted by atomic mass is 32.2. The van der Waals surface area contributed by atoms with Crippen LogP contribution in [0.1, 0.15) is 113 Å². The van der Waals surface area contributed by atoms with E-state index in [0.717, 1.165) is 19.3 Å². The van der Waals surface area contributed by atoms with Gasteiger partial charge in [0.1, 0.15) is 12.1 Å². The number of likely N-dealkylation sites (tertiary alicyclic amines) is 1. The van der Waals surface area contributed by atoms with Crippen molar-refractivity contribution in [3.63, 3.8) is 0 Å². The Labute approximate surface area is 273 Å². The molecule has 1 saturated heterocycles. The Morgan fingerprint density at radius 2 is 1.62 bits per heavy atom. The Morgan fingerprint density at radius 3 is 2.18 bits per heavy atom. The number of nitrogens with one attached hydrogen (secondary N) is 4. The Morgan fingerprint density at radius 1 is 0.956 bits per heavy atom. The average molecular weight is 652 g/mol. The van der Waals surface area contributed by atoms with Crippen LogP contribution in [0.5, 0.6) is 0 Å². The molecule has 1 heterocycles. The highest BCUT2D eigenvalue weighted by molar-refractivity contribution is 7.86. The van der Waals surface area contributed by atoms with E-state index in [1.54, 1.807) is 0 Å². The fraction of sp³-hybridized carbons (Fsp3) is 0.788. The maximum Gasteiger partial charge on any atom is 0.315 e. The molecule has 4 unspecified atom stereocenters. The number of hydrogen-bond donors (Lipinski definition) is 4. The molecule has 4 N–H and O–H groups in total. The van der Waals surface area contributed by atoms with Gasteiger partial charge < -0.3 is 26.2 Å². The summed E-state index contributed by atoms with van der Waals surface area (Å²) in [6.07, 6.45) is 10.8. The van der Waals surface area contributed by atoms with Gasteiger partial charge in [0.2, 0.25) is 17.6 Å². The number of urea groups is 1. The van der Waals surface area contributed by atoms with Gasteiger partial charge in [0, 0.05) is 46.9 Å². The van der Waals surface area contributed by atoms with Crippen molar-refractivity contribution in [2.75, 3.05) is 18.8 Å². The van der Waals surface area contributed by atoms with Crippen molar-refractivity contribution < 1.29 is 28.2 Å². The molecule has 11 nitrogen and oxygen atoms in total. The van der Waals surface area contributed by atoms with Crippen molar-refractivity contribution in [1.82, 2.24) is 26.2 Å². The summed E-state index contributed by atoms with van der Waals surface area (Å²) < 4.78 is 12.5. The number of Topliss-reactive ketones (excluding diaryl/α,β-unsaturated/α-hetero) is 1. The van der Waals surface area contributed by atoms with Crippen molar-refractivity contribution in [3.8, 4) is 12.3 Å². The monoisotopic (exact) mass is 651 g/mol. The number of rotatable bonds is 17. The first-order valence-electron chi connectivity index (χ1n) is 16.3. The molecule has 0 saturated carbocycles. The standard InChI is InChI=1S/C33H57N5O6S/c1-10-13-15-17-23(22-45(44)33(7,8)9)35-31(43)37-27(32(4,5)6)30(42)38-21-16-19-25(38)28(40)36-24(18-14-11-2)26(39)29(41)34-20-12-3/h2,23-25,27H,10,12-22H2,1,3-9H3,(H,34,41)(H,36,40)(H2,35,37,43)/t23?,24?,25-,27?,45?/m0/s1. The normalized spacial score (nSPS) is 17.8. The van der Waals surface area contributed by atoms with Gasteiger partial charge >= 0.3 is 6.03 Å². The maximum atomic E-state index is 14.0. The van der Waals surface area contributed by atoms with Crippen molar-refractivity contribution in [2.45, 2.75) is 142 Å². The third-order valence-electron chi connectivity index (χ3n) is 7.72. The molecule has 256 valence electrons. The summed E-state index contributed by atoms with van der Waals surface area (Å²) in [6, 6.07) is -3.82. The zero-order chi connectivity index (χ0) is 34.4. The third kappa shape index (κ3) is 13.5. The molecule has 0 radical (unpaired) electrons. The van der Waals surface area contributed by atoms with Crippen LogP contribution in [0.4, 0.5) is 4.79 Å². The van der Waals surface area contributed by atoms with Gasteiger partial charge in [-0.3, -0.25) is 23.4 Å². The van der Waals surface area contributed by atoms with E-state index in [4.69, 9.17) is 6.42 Å². The van der Waals surface area contributed by atoms with Gasteiger partial charge in [0.05, 0.1) is 6.04 Å². The number of nitrogens with zero attached hydrogens (tertiary/aromatic N) is 1. The second-order valence-corrected chi connectivity index (χ2v) is 16.1. The Bertz CT molecular complexity index is 1090. The van der Waals surface area contributed by atoms with Crippen molar-refractivity contribution in [1.29, 1.82) is 0 Å². The second kappa shape index (κ2) is 18.9. The van der Waals surface area contributed by atoms with Crippen LogP contribution in [0.3, 0.4) is 0 Å². The lowest BCUT2D eigenvalue weighted by Crippen LogP contribution is -2.60. The molecule has 0 aromatic rings. The fourth-order valence-corrected chi connectivity index (χ4v) is 6.11. The first kappa shape index (κ1) is 40.1. The molecule has 0 bridgehead atoms. The molecule has 0 aromatic carbocycles. The molecule has 0 spiro atoms. The van der Waals surface area contributed by atoms with Crippen molar-refractivity contribution in [2.24, 2.45) is 5.41 Å². The van der Waals surface area contributed by atoms with E-state index in [1.807, 2.05) is 48.5 Å². The smallest absolute Gasteiger partial charge is 0.315 e. The van der Waals surface area contributed by atoms with E-state index in [2.05, 4.69) is 34.1 Å². The molecule has 5 atom stereocenters. The predicted molar refractivity (Wildman–Crippen MR) is 179 cm³/mol. The molecule has 1 fully saturated rings. The summed E-state index contributed by atoms with van der Waals surface area (Å²) in [5.41, 5.74) is -0.702. The van der Waals surface area contributed by atoms with Crippen LogP contribution in [-0.4, -0.2) is 86.4 Å². The summed E-state index contributed by atoms with van der Waals surface area (Å²) in [5, 5.41) is 11.0. The van der Waals surface area contributed by atoms with Gasteiger partial charge in [-0.25, -0.2) is 4.79 Å². The molecule has 1 aliphatic rings. The second-order valence-electron chi connectivity index (χ2n) is 13.8. The van der Waals surface area contributed by atoms with E-state index in [9.17, 15) is 28.2 Å². The van der Waals surface area contributed by atoms with Crippen molar-refractivity contribution in [3.05, 3.63) is 0 Å². The van der Waals surface area contributed by atoms with Crippen LogP contribution in [0.25, 0.3) is 0 Å². The summed E-state index contributed by atoms with van der Waals surface area (Å²) in [7, 11) is -1.18. The van der Waals surface area contributed by atoms with Crippen LogP contribution in [0.2, 0.25) is 0 Å². The number of unbranched alkanes of at least 4 members (excludes halogenated alkanes) is 2. The Hall–Kier alpha value is -2.94. The van der Waals surface area contributed by atoms with Crippen LogP contribution in [-0.2, 0) is 30.0 Å². The predicted octanol–water partition coefficient (Wildman–Crippen LogP) is 3.18. The first-order chi connectivity index (χ1) is 21.0. The topological polar surface area (TPSA) is 154 Å². The zero-order valence-corrected chi connectivity index (χ0v) is 29.5. The molecule has 45 heavy (non-hydrogen) atoms. The highest BCUT2D eigenvalue weighted by Crippen LogP contribution is 2.26. The summed E-state index contributed by atoms with van der Waals surface area (Å²) in [6.45, 7) is 15.8. The maximum absolute atomic E-state index is 14.0. The fourth-order valence-electron chi connectivity index (χ4n) is 4.99. The van der Waals surface area contributed by atoms with Crippen LogP contribution < -0.4 is 21.3 Å². The van der Waals surface area contributed by atoms with Gasteiger partial charge in [-0.15, -0.1) is 12.3 Å². The first-order valence-corrected chi connectivity index (χ1v) is 17.6. The van der Waals surface area contributed by atoms with E-state index in [1.165, 1.54) is 4.90 Å². The van der Waals surface area contributed by atoms with E-state index >= 15 is 0 Å². The largest absolute Gasteiger partial charge is 0.349 e. The van der Waals surface area contributed by atoms with E-state index in [-0.39, 0.29) is 18.9 Å². The SMILES string of the molecule is C#CCCC(NC(=O)[C@@H]1CCCN1C(=O)C(NC(=O)NC(CCCCC)CS(=O)C(C)(C)C)C(C)(C)C)C(=O)C(=O)NCCC. The number of terminal acetylenes is 1. The summed E-state index contributed by atoms with van der Waals surface area (Å²) >= 11 is 0. The summed E-state index contributed by atoms with van der Waals surface area (Å²) in [5.74, 6) is 0.210. The lowest BCUT2D eigenvalue weighted by Gasteiger charge is -2.36. The lowest BCUT2D eigenvalue weighted by atomic mass is 9.85. The minimum atomic E-state index is -1.18. The molecule has 1 aliphatic heterocycles. The average Bonchev–Trinajstić information content (AvgIpc) is 3.45. The molecule has 0 aliphatic carbocycles. The minimum Gasteiger partial charge on any atom is -0.349 e. The number of ketones is 1. The zero-order valence-electron chi connectivity index (χ0n) is 28.7. The van der Waals surface area contributed by atoms with Crippen molar-refractivity contribution >= 4 is 40.3 Å². The molecule has 5 amide bonds. The molecule has 1 rings (SSSR count). The van der Waals surface area contributed by atoms with E-state index < -0.39 is 68.6 Å². The summed E-state index contributed by atoms with van der Waals surface area (Å²) in [4.78, 5) is 67.3. The Balaban J connectivity index is 3.11. The quantitative estimate of drug-likeness (QED) is 0.108. The van der Waals surface area contributed by atoms with Gasteiger partial charge in [-0.05, 0) is 58.3 Å². The Kier molecular flexibility index (Phi) is 16.8. The lowest BCUT2D eigenvalue weighted by molar-refractivity contribution is -0.143. The van der Waals surface area contributed by atoms with Gasteiger partial charge in [0.25, 0.3) is 5.91 Å². The van der Waals surface area contributed by atoms with Crippen LogP contribution in [0, 0.1) is 17.8 Å². The number of amides is 5. The van der Waals surface area contributed by atoms with Crippen LogP contribution in [0.15, 0.2) is 0 Å². The van der Waals surface area contributed by atoms with E-state index in [0.29, 0.717) is 44.5 Å². The van der Waals surface area contributed by atoms with Gasteiger partial charge in [0.15, 0.2) is 0 Å². The minimum absolute atomic E-state index is 0.0903. The highest BCUT2D eigenvalue weighted by Gasteiger charge is 2.43. The number of hydrogen-bond acceptors (Lipinski definition) is 6. The molecular formula is C33H57N5O6S. The van der Waals surface area contributed by atoms with Gasteiger partial charge in [-0.1, -0.05) is 53.9 Å².